The second kappa shape index (κ2) is 8.43. The Bertz CT molecular complexity index is 659. The number of rotatable bonds is 6. The van der Waals surface area contributed by atoms with E-state index in [4.69, 9.17) is 15.2 Å². The van der Waals surface area contributed by atoms with Crippen molar-refractivity contribution in [3.63, 3.8) is 0 Å². The van der Waals surface area contributed by atoms with Crippen molar-refractivity contribution in [2.75, 3.05) is 11.9 Å². The van der Waals surface area contributed by atoms with E-state index in [1.165, 1.54) is 0 Å². The summed E-state index contributed by atoms with van der Waals surface area (Å²) in [7, 11) is 0. The molecule has 0 saturated heterocycles. The molecule has 0 radical (unpaired) electrons. The number of hydrogen-bond acceptors (Lipinski definition) is 4. The Kier molecular flexibility index (Phi) is 5.99. The second-order valence-electron chi connectivity index (χ2n) is 4.76. The Balaban J connectivity index is 1.84. The van der Waals surface area contributed by atoms with Crippen LogP contribution in [0.25, 0.3) is 0 Å². The minimum absolute atomic E-state index is 0.0181. The number of carbonyl (C=O) groups excluding carboxylic acids is 2. The van der Waals surface area contributed by atoms with Crippen LogP contribution in [-0.2, 0) is 22.5 Å². The van der Waals surface area contributed by atoms with Crippen molar-refractivity contribution in [1.29, 1.82) is 0 Å². The normalized spacial score (nSPS) is 9.91. The summed E-state index contributed by atoms with van der Waals surface area (Å²) in [4.78, 5) is 22.5. The van der Waals surface area contributed by atoms with Crippen LogP contribution in [0, 0.1) is 0 Å². The van der Waals surface area contributed by atoms with Gasteiger partial charge in [-0.2, -0.15) is 0 Å². The summed E-state index contributed by atoms with van der Waals surface area (Å²) in [5.41, 5.74) is 7.18. The van der Waals surface area contributed by atoms with Crippen molar-refractivity contribution in [3.8, 4) is 0 Å². The predicted octanol–water partition coefficient (Wildman–Crippen LogP) is 3.07. The van der Waals surface area contributed by atoms with E-state index in [0.29, 0.717) is 17.7 Å². The topological polar surface area (TPSA) is 90.7 Å². The van der Waals surface area contributed by atoms with Gasteiger partial charge in [-0.1, -0.05) is 48.5 Å². The van der Waals surface area contributed by atoms with E-state index in [2.05, 4.69) is 5.32 Å². The van der Waals surface area contributed by atoms with Crippen LogP contribution in [-0.4, -0.2) is 18.8 Å². The minimum Gasteiger partial charge on any atom is -0.449 e. The maximum Gasteiger partial charge on any atom is 0.411 e. The summed E-state index contributed by atoms with van der Waals surface area (Å²) in [6.07, 6.45) is -0.793. The summed E-state index contributed by atoms with van der Waals surface area (Å²) >= 11 is 0. The van der Waals surface area contributed by atoms with E-state index in [1.54, 1.807) is 24.3 Å². The van der Waals surface area contributed by atoms with Crippen molar-refractivity contribution in [1.82, 2.24) is 0 Å². The predicted molar refractivity (Wildman–Crippen MR) is 85.9 cm³/mol. The molecule has 3 N–H and O–H groups in total. The lowest BCUT2D eigenvalue weighted by Crippen LogP contribution is -2.17. The molecule has 0 aliphatic carbocycles. The molecule has 2 amide bonds. The number of carbonyl (C=O) groups is 2. The molecule has 0 spiro atoms. The lowest BCUT2D eigenvalue weighted by Gasteiger charge is -2.11. The average molecular weight is 314 g/mol. The SMILES string of the molecule is NC(=O)OCc1ccccc1NC(=O)OCCc1ccccc1. The Labute approximate surface area is 134 Å². The zero-order chi connectivity index (χ0) is 16.5. The number of nitrogens with one attached hydrogen (secondary N) is 1. The van der Waals surface area contributed by atoms with Crippen LogP contribution in [0.1, 0.15) is 11.1 Å². The Hall–Kier alpha value is -3.02. The Morgan fingerprint density at radius 2 is 1.65 bits per heavy atom. The Morgan fingerprint density at radius 1 is 0.957 bits per heavy atom. The molecule has 0 aliphatic heterocycles. The first kappa shape index (κ1) is 16.4. The molecule has 2 rings (SSSR count). The molecule has 6 heteroatoms. The zero-order valence-electron chi connectivity index (χ0n) is 12.5. The lowest BCUT2D eigenvalue weighted by atomic mass is 10.2. The van der Waals surface area contributed by atoms with Gasteiger partial charge in [-0.3, -0.25) is 5.32 Å². The number of anilines is 1. The van der Waals surface area contributed by atoms with Gasteiger partial charge in [0.15, 0.2) is 0 Å². The highest BCUT2D eigenvalue weighted by Crippen LogP contribution is 2.16. The highest BCUT2D eigenvalue weighted by atomic mass is 16.6. The standard InChI is InChI=1S/C17H18N2O4/c18-16(20)23-12-14-8-4-5-9-15(14)19-17(21)22-11-10-13-6-2-1-3-7-13/h1-9H,10-12H2,(H2,18,20)(H,19,21). The van der Waals surface area contributed by atoms with E-state index in [0.717, 1.165) is 5.56 Å². The third-order valence-electron chi connectivity index (χ3n) is 3.09. The van der Waals surface area contributed by atoms with Crippen LogP contribution < -0.4 is 11.1 Å². The number of para-hydroxylation sites is 1. The summed E-state index contributed by atoms with van der Waals surface area (Å²) in [6, 6.07) is 16.7. The van der Waals surface area contributed by atoms with Gasteiger partial charge in [0.2, 0.25) is 0 Å². The first-order valence-electron chi connectivity index (χ1n) is 7.13. The molecule has 0 bridgehead atoms. The molecule has 0 saturated carbocycles. The van der Waals surface area contributed by atoms with Gasteiger partial charge in [-0.05, 0) is 11.6 Å². The van der Waals surface area contributed by atoms with E-state index in [1.807, 2.05) is 30.3 Å². The van der Waals surface area contributed by atoms with Crippen LogP contribution in [0.3, 0.4) is 0 Å². The smallest absolute Gasteiger partial charge is 0.411 e. The first-order valence-corrected chi connectivity index (χ1v) is 7.13. The van der Waals surface area contributed by atoms with Gasteiger partial charge in [0.25, 0.3) is 0 Å². The minimum atomic E-state index is -0.870. The number of primary amides is 1. The number of hydrogen-bond donors (Lipinski definition) is 2. The summed E-state index contributed by atoms with van der Waals surface area (Å²) in [5, 5.41) is 2.63. The van der Waals surface area contributed by atoms with Crippen LogP contribution in [0.4, 0.5) is 15.3 Å². The van der Waals surface area contributed by atoms with Crippen molar-refractivity contribution in [2.45, 2.75) is 13.0 Å². The van der Waals surface area contributed by atoms with E-state index in [-0.39, 0.29) is 13.2 Å². The maximum absolute atomic E-state index is 11.8. The van der Waals surface area contributed by atoms with Gasteiger partial charge >= 0.3 is 12.2 Å². The van der Waals surface area contributed by atoms with Crippen molar-refractivity contribution < 1.29 is 19.1 Å². The molecule has 0 aromatic heterocycles. The van der Waals surface area contributed by atoms with Gasteiger partial charge in [0.05, 0.1) is 12.3 Å². The molecular weight excluding hydrogens is 296 g/mol. The Morgan fingerprint density at radius 3 is 2.39 bits per heavy atom. The third kappa shape index (κ3) is 5.70. The maximum atomic E-state index is 11.8. The molecule has 23 heavy (non-hydrogen) atoms. The second-order valence-corrected chi connectivity index (χ2v) is 4.76. The van der Waals surface area contributed by atoms with E-state index in [9.17, 15) is 9.59 Å². The molecule has 2 aromatic carbocycles. The molecule has 0 atom stereocenters. The number of ether oxygens (including phenoxy) is 2. The molecule has 0 aliphatic rings. The largest absolute Gasteiger partial charge is 0.449 e. The summed E-state index contributed by atoms with van der Waals surface area (Å²) < 4.78 is 9.88. The zero-order valence-corrected chi connectivity index (χ0v) is 12.5. The van der Waals surface area contributed by atoms with Gasteiger partial charge in [0, 0.05) is 12.0 Å². The number of benzene rings is 2. The van der Waals surface area contributed by atoms with Gasteiger partial charge in [-0.15, -0.1) is 0 Å². The van der Waals surface area contributed by atoms with Crippen molar-refractivity contribution in [3.05, 3.63) is 65.7 Å². The lowest BCUT2D eigenvalue weighted by molar-refractivity contribution is 0.150. The highest BCUT2D eigenvalue weighted by molar-refractivity contribution is 5.85. The molecule has 6 nitrogen and oxygen atoms in total. The quantitative estimate of drug-likeness (QED) is 0.857. The van der Waals surface area contributed by atoms with E-state index >= 15 is 0 Å². The van der Waals surface area contributed by atoms with Crippen molar-refractivity contribution in [2.24, 2.45) is 5.73 Å². The average Bonchev–Trinajstić information content (AvgIpc) is 2.55. The van der Waals surface area contributed by atoms with Gasteiger partial charge < -0.3 is 15.2 Å². The van der Waals surface area contributed by atoms with Gasteiger partial charge in [-0.25, -0.2) is 9.59 Å². The van der Waals surface area contributed by atoms with Crippen molar-refractivity contribution >= 4 is 17.9 Å². The summed E-state index contributed by atoms with van der Waals surface area (Å²) in [6.45, 7) is 0.256. The molecule has 0 unspecified atom stereocenters. The molecular formula is C17H18N2O4. The molecule has 2 aromatic rings. The highest BCUT2D eigenvalue weighted by Gasteiger charge is 2.08. The molecule has 0 heterocycles. The van der Waals surface area contributed by atoms with Crippen LogP contribution >= 0.6 is 0 Å². The number of amides is 2. The summed E-state index contributed by atoms with van der Waals surface area (Å²) in [5.74, 6) is 0. The van der Waals surface area contributed by atoms with Crippen LogP contribution in [0.2, 0.25) is 0 Å². The fourth-order valence-corrected chi connectivity index (χ4v) is 1.97. The number of nitrogens with two attached hydrogens (primary N) is 1. The van der Waals surface area contributed by atoms with Gasteiger partial charge in [0.1, 0.15) is 6.61 Å². The third-order valence-corrected chi connectivity index (χ3v) is 3.09. The van der Waals surface area contributed by atoms with E-state index < -0.39 is 12.2 Å². The monoisotopic (exact) mass is 314 g/mol. The molecule has 0 fully saturated rings. The first-order chi connectivity index (χ1) is 11.1. The fraction of sp³-hybridized carbons (Fsp3) is 0.176. The van der Waals surface area contributed by atoms with Crippen LogP contribution in [0.5, 0.6) is 0 Å². The fourth-order valence-electron chi connectivity index (χ4n) is 1.97. The molecule has 120 valence electrons. The van der Waals surface area contributed by atoms with Crippen LogP contribution in [0.15, 0.2) is 54.6 Å².